The molecule has 0 radical (unpaired) electrons. The smallest absolute Gasteiger partial charge is 0.0682 e. The molecule has 0 bridgehead atoms. The van der Waals surface area contributed by atoms with Gasteiger partial charge >= 0.3 is 0 Å². The van der Waals surface area contributed by atoms with Gasteiger partial charge in [-0.25, -0.2) is 0 Å². The normalized spacial score (nSPS) is 14.2. The van der Waals surface area contributed by atoms with E-state index < -0.39 is 0 Å². The lowest BCUT2D eigenvalue weighted by molar-refractivity contribution is 0.282. The maximum Gasteiger partial charge on any atom is 0.0682 e. The van der Waals surface area contributed by atoms with Gasteiger partial charge < -0.3 is 10.4 Å². The van der Waals surface area contributed by atoms with Crippen LogP contribution in [0, 0.1) is 5.92 Å². The second kappa shape index (κ2) is 6.33. The van der Waals surface area contributed by atoms with Crippen LogP contribution in [0.25, 0.3) is 0 Å². The molecule has 2 heteroatoms. The predicted molar refractivity (Wildman–Crippen MR) is 69.4 cm³/mol. The van der Waals surface area contributed by atoms with E-state index in [9.17, 15) is 0 Å². The fraction of sp³-hybridized carbons (Fsp3) is 0.429. The molecule has 0 amide bonds. The van der Waals surface area contributed by atoms with Crippen molar-refractivity contribution in [3.05, 3.63) is 42.5 Å². The van der Waals surface area contributed by atoms with Gasteiger partial charge in [0.1, 0.15) is 0 Å². The van der Waals surface area contributed by atoms with E-state index in [1.54, 1.807) is 0 Å². The summed E-state index contributed by atoms with van der Waals surface area (Å²) in [6.07, 6.45) is 2.96. The van der Waals surface area contributed by atoms with E-state index in [1.807, 2.05) is 30.3 Å². The first-order chi connectivity index (χ1) is 7.67. The molecule has 0 unspecified atom stereocenters. The van der Waals surface area contributed by atoms with Gasteiger partial charge in [0, 0.05) is 11.7 Å². The number of anilines is 1. The van der Waals surface area contributed by atoms with Crippen molar-refractivity contribution >= 4 is 5.69 Å². The summed E-state index contributed by atoms with van der Waals surface area (Å²) in [4.78, 5) is 0. The Balaban J connectivity index is 2.61. The standard InChI is InChI=1S/C14H21NO/c1-4-6-11(2)12(3)15-14-8-5-7-13(9-14)10-16/h4-5,7-9,11-12,15-16H,1,6,10H2,2-3H3/t11-,12+/m0/s1. The highest BCUT2D eigenvalue weighted by atomic mass is 16.3. The number of allylic oxidation sites excluding steroid dienone is 1. The van der Waals surface area contributed by atoms with Gasteiger partial charge in [-0.15, -0.1) is 6.58 Å². The Morgan fingerprint density at radius 2 is 2.19 bits per heavy atom. The molecule has 16 heavy (non-hydrogen) atoms. The highest BCUT2D eigenvalue weighted by Gasteiger charge is 2.10. The summed E-state index contributed by atoms with van der Waals surface area (Å²) in [5.41, 5.74) is 2.00. The summed E-state index contributed by atoms with van der Waals surface area (Å²) in [5, 5.41) is 12.5. The maximum atomic E-state index is 9.05. The third-order valence-electron chi connectivity index (χ3n) is 2.90. The fourth-order valence-corrected chi connectivity index (χ4v) is 1.63. The monoisotopic (exact) mass is 219 g/mol. The summed E-state index contributed by atoms with van der Waals surface area (Å²) < 4.78 is 0. The van der Waals surface area contributed by atoms with Crippen LogP contribution in [0.4, 0.5) is 5.69 Å². The number of nitrogens with one attached hydrogen (secondary N) is 1. The topological polar surface area (TPSA) is 32.3 Å². The van der Waals surface area contributed by atoms with Gasteiger partial charge in [-0.1, -0.05) is 25.1 Å². The zero-order chi connectivity index (χ0) is 12.0. The van der Waals surface area contributed by atoms with Gasteiger partial charge in [-0.3, -0.25) is 0 Å². The molecule has 0 aliphatic heterocycles. The lowest BCUT2D eigenvalue weighted by Gasteiger charge is -2.21. The largest absolute Gasteiger partial charge is 0.392 e. The van der Waals surface area contributed by atoms with E-state index in [2.05, 4.69) is 25.7 Å². The first-order valence-electron chi connectivity index (χ1n) is 5.74. The van der Waals surface area contributed by atoms with E-state index in [4.69, 9.17) is 5.11 Å². The van der Waals surface area contributed by atoms with Gasteiger partial charge in [-0.05, 0) is 37.0 Å². The molecule has 2 nitrogen and oxygen atoms in total. The molecule has 0 aliphatic rings. The maximum absolute atomic E-state index is 9.05. The molecule has 88 valence electrons. The van der Waals surface area contributed by atoms with Crippen LogP contribution in [0.1, 0.15) is 25.8 Å². The number of rotatable bonds is 6. The fourth-order valence-electron chi connectivity index (χ4n) is 1.63. The number of aliphatic hydroxyl groups is 1. The zero-order valence-corrected chi connectivity index (χ0v) is 10.1. The van der Waals surface area contributed by atoms with Gasteiger partial charge in [0.25, 0.3) is 0 Å². The molecule has 0 heterocycles. The van der Waals surface area contributed by atoms with Crippen molar-refractivity contribution in [3.63, 3.8) is 0 Å². The molecule has 1 aromatic rings. The Labute approximate surface area is 98.0 Å². The van der Waals surface area contributed by atoms with E-state index >= 15 is 0 Å². The van der Waals surface area contributed by atoms with Gasteiger partial charge in [-0.2, -0.15) is 0 Å². The van der Waals surface area contributed by atoms with Crippen molar-refractivity contribution < 1.29 is 5.11 Å². The van der Waals surface area contributed by atoms with E-state index in [0.29, 0.717) is 12.0 Å². The number of aliphatic hydroxyl groups excluding tert-OH is 1. The number of hydrogen-bond donors (Lipinski definition) is 2. The van der Waals surface area contributed by atoms with Crippen LogP contribution < -0.4 is 5.32 Å². The number of hydrogen-bond acceptors (Lipinski definition) is 2. The molecule has 0 saturated carbocycles. The lowest BCUT2D eigenvalue weighted by Crippen LogP contribution is -2.23. The summed E-state index contributed by atoms with van der Waals surface area (Å²) in [6, 6.07) is 8.28. The molecule has 1 rings (SSSR count). The molecular weight excluding hydrogens is 198 g/mol. The van der Waals surface area contributed by atoms with Crippen LogP contribution in [-0.4, -0.2) is 11.1 Å². The summed E-state index contributed by atoms with van der Waals surface area (Å²) in [6.45, 7) is 8.22. The van der Waals surface area contributed by atoms with Crippen LogP contribution >= 0.6 is 0 Å². The Morgan fingerprint density at radius 1 is 1.44 bits per heavy atom. The summed E-state index contributed by atoms with van der Waals surface area (Å²) in [7, 11) is 0. The van der Waals surface area contributed by atoms with Crippen molar-refractivity contribution in [2.24, 2.45) is 5.92 Å². The van der Waals surface area contributed by atoms with Crippen LogP contribution in [0.15, 0.2) is 36.9 Å². The third-order valence-corrected chi connectivity index (χ3v) is 2.90. The lowest BCUT2D eigenvalue weighted by atomic mass is 9.99. The molecular formula is C14H21NO. The first kappa shape index (κ1) is 12.8. The van der Waals surface area contributed by atoms with Crippen molar-refractivity contribution in [1.29, 1.82) is 0 Å². The highest BCUT2D eigenvalue weighted by Crippen LogP contribution is 2.16. The predicted octanol–water partition coefficient (Wildman–Crippen LogP) is 3.19. The minimum absolute atomic E-state index is 0.0894. The van der Waals surface area contributed by atoms with Crippen molar-refractivity contribution in [2.75, 3.05) is 5.32 Å². The molecule has 0 saturated heterocycles. The van der Waals surface area contributed by atoms with Crippen molar-refractivity contribution in [3.8, 4) is 0 Å². The van der Waals surface area contributed by atoms with Crippen molar-refractivity contribution in [2.45, 2.75) is 32.9 Å². The third kappa shape index (κ3) is 3.70. The first-order valence-corrected chi connectivity index (χ1v) is 5.74. The van der Waals surface area contributed by atoms with E-state index in [1.165, 1.54) is 0 Å². The van der Waals surface area contributed by atoms with Crippen molar-refractivity contribution in [1.82, 2.24) is 0 Å². The molecule has 0 fully saturated rings. The molecule has 0 spiro atoms. The SMILES string of the molecule is C=CC[C@H](C)[C@@H](C)Nc1cccc(CO)c1. The average Bonchev–Trinajstić information content (AvgIpc) is 2.29. The second-order valence-electron chi connectivity index (χ2n) is 4.29. The quantitative estimate of drug-likeness (QED) is 0.720. The summed E-state index contributed by atoms with van der Waals surface area (Å²) in [5.74, 6) is 0.551. The summed E-state index contributed by atoms with van der Waals surface area (Å²) >= 11 is 0. The van der Waals surface area contributed by atoms with Gasteiger partial charge in [0.05, 0.1) is 6.61 Å². The zero-order valence-electron chi connectivity index (χ0n) is 10.1. The Morgan fingerprint density at radius 3 is 2.81 bits per heavy atom. The van der Waals surface area contributed by atoms with Crippen LogP contribution in [0.5, 0.6) is 0 Å². The van der Waals surface area contributed by atoms with E-state index in [-0.39, 0.29) is 6.61 Å². The molecule has 0 aromatic heterocycles. The highest BCUT2D eigenvalue weighted by molar-refractivity contribution is 5.46. The average molecular weight is 219 g/mol. The molecule has 1 aromatic carbocycles. The molecule has 2 N–H and O–H groups in total. The van der Waals surface area contributed by atoms with E-state index in [0.717, 1.165) is 17.7 Å². The number of benzene rings is 1. The van der Waals surface area contributed by atoms with Crippen LogP contribution in [-0.2, 0) is 6.61 Å². The Kier molecular flexibility index (Phi) is 5.06. The minimum atomic E-state index is 0.0894. The Bertz CT molecular complexity index is 335. The second-order valence-corrected chi connectivity index (χ2v) is 4.29. The Hall–Kier alpha value is -1.28. The van der Waals surface area contributed by atoms with Crippen LogP contribution in [0.3, 0.4) is 0 Å². The minimum Gasteiger partial charge on any atom is -0.392 e. The van der Waals surface area contributed by atoms with Gasteiger partial charge in [0.15, 0.2) is 0 Å². The van der Waals surface area contributed by atoms with Crippen LogP contribution in [0.2, 0.25) is 0 Å². The molecule has 0 aliphatic carbocycles. The molecule has 2 atom stereocenters. The van der Waals surface area contributed by atoms with Gasteiger partial charge in [0.2, 0.25) is 0 Å².